The molecule has 0 bridgehead atoms. The van der Waals surface area contributed by atoms with Gasteiger partial charge in [-0.05, 0) is 31.5 Å². The Labute approximate surface area is 145 Å². The lowest BCUT2D eigenvalue weighted by atomic mass is 10.1. The first-order valence-electron chi connectivity index (χ1n) is 7.97. The topological polar surface area (TPSA) is 30.5 Å². The van der Waals surface area contributed by atoms with Gasteiger partial charge in [-0.3, -0.25) is 0 Å². The van der Waals surface area contributed by atoms with Gasteiger partial charge in [-0.25, -0.2) is 0 Å². The molecule has 0 aromatic heterocycles. The molecule has 2 aromatic rings. The monoisotopic (exact) mass is 335 g/mol. The molecular formula is C19H26ClNO2. The number of para-hydroxylation sites is 1. The molecule has 0 atom stereocenters. The van der Waals surface area contributed by atoms with E-state index in [-0.39, 0.29) is 12.4 Å². The number of hydrogen-bond acceptors (Lipinski definition) is 3. The second kappa shape index (κ2) is 10.9. The van der Waals surface area contributed by atoms with Crippen LogP contribution >= 0.6 is 12.4 Å². The minimum Gasteiger partial charge on any atom is -0.490 e. The number of ether oxygens (including phenoxy) is 2. The number of nitrogens with one attached hydrogen (secondary N) is 1. The maximum atomic E-state index is 6.07. The molecule has 0 heterocycles. The Balaban J connectivity index is 0.00000264. The molecule has 0 unspecified atom stereocenters. The van der Waals surface area contributed by atoms with Crippen LogP contribution in [0.4, 0.5) is 0 Å². The lowest BCUT2D eigenvalue weighted by molar-refractivity contribution is 0.266. The number of benzene rings is 2. The van der Waals surface area contributed by atoms with Gasteiger partial charge in [0.25, 0.3) is 0 Å². The maximum Gasteiger partial charge on any atom is 0.166 e. The fourth-order valence-electron chi connectivity index (χ4n) is 2.26. The molecule has 0 aliphatic heterocycles. The van der Waals surface area contributed by atoms with Crippen LogP contribution in [0.2, 0.25) is 0 Å². The molecule has 4 heteroatoms. The predicted octanol–water partition coefficient (Wildman–Crippen LogP) is 4.59. The van der Waals surface area contributed by atoms with Crippen molar-refractivity contribution < 1.29 is 9.47 Å². The van der Waals surface area contributed by atoms with Crippen molar-refractivity contribution in [2.75, 3.05) is 13.2 Å². The van der Waals surface area contributed by atoms with Crippen LogP contribution in [0.5, 0.6) is 11.5 Å². The summed E-state index contributed by atoms with van der Waals surface area (Å²) < 4.78 is 11.8. The second-order valence-corrected chi connectivity index (χ2v) is 5.13. The summed E-state index contributed by atoms with van der Waals surface area (Å²) in [4.78, 5) is 0. The zero-order valence-electron chi connectivity index (χ0n) is 13.9. The van der Waals surface area contributed by atoms with Gasteiger partial charge in [0.1, 0.15) is 6.61 Å². The summed E-state index contributed by atoms with van der Waals surface area (Å²) in [6.45, 7) is 7.12. The van der Waals surface area contributed by atoms with E-state index in [1.54, 1.807) is 0 Å². The molecule has 0 amide bonds. The van der Waals surface area contributed by atoms with Crippen LogP contribution < -0.4 is 14.8 Å². The van der Waals surface area contributed by atoms with Crippen LogP contribution in [-0.4, -0.2) is 13.2 Å². The summed E-state index contributed by atoms with van der Waals surface area (Å²) in [7, 11) is 0. The summed E-state index contributed by atoms with van der Waals surface area (Å²) in [6.07, 6.45) is 1.12. The average Bonchev–Trinajstić information content (AvgIpc) is 2.55. The van der Waals surface area contributed by atoms with Gasteiger partial charge in [0.2, 0.25) is 0 Å². The smallest absolute Gasteiger partial charge is 0.166 e. The molecule has 2 aromatic carbocycles. The van der Waals surface area contributed by atoms with Crippen molar-refractivity contribution in [3.8, 4) is 11.5 Å². The highest BCUT2D eigenvalue weighted by Crippen LogP contribution is 2.32. The summed E-state index contributed by atoms with van der Waals surface area (Å²) in [5, 5.41) is 3.42. The first-order chi connectivity index (χ1) is 10.8. The SMILES string of the molecule is CCCNCc1cccc(OCC)c1OCc1ccccc1.Cl. The van der Waals surface area contributed by atoms with Crippen LogP contribution in [0.25, 0.3) is 0 Å². The second-order valence-electron chi connectivity index (χ2n) is 5.13. The highest BCUT2D eigenvalue weighted by molar-refractivity contribution is 5.85. The number of halogens is 1. The van der Waals surface area contributed by atoms with Gasteiger partial charge in [0, 0.05) is 12.1 Å². The van der Waals surface area contributed by atoms with E-state index in [4.69, 9.17) is 9.47 Å². The van der Waals surface area contributed by atoms with Gasteiger partial charge in [0.15, 0.2) is 11.5 Å². The van der Waals surface area contributed by atoms with E-state index in [0.717, 1.165) is 42.1 Å². The van der Waals surface area contributed by atoms with Gasteiger partial charge in [0.05, 0.1) is 6.61 Å². The molecule has 3 nitrogen and oxygen atoms in total. The molecule has 1 N–H and O–H groups in total. The van der Waals surface area contributed by atoms with Crippen LogP contribution in [-0.2, 0) is 13.2 Å². The van der Waals surface area contributed by atoms with Crippen LogP contribution in [0.3, 0.4) is 0 Å². The third-order valence-corrected chi connectivity index (χ3v) is 3.33. The minimum atomic E-state index is 0. The van der Waals surface area contributed by atoms with E-state index in [1.807, 2.05) is 37.3 Å². The van der Waals surface area contributed by atoms with Crippen LogP contribution in [0, 0.1) is 0 Å². The summed E-state index contributed by atoms with van der Waals surface area (Å²) in [5.74, 6) is 1.66. The fourth-order valence-corrected chi connectivity index (χ4v) is 2.26. The molecule has 0 radical (unpaired) electrons. The lowest BCUT2D eigenvalue weighted by Gasteiger charge is -2.16. The minimum absolute atomic E-state index is 0. The van der Waals surface area contributed by atoms with Gasteiger partial charge < -0.3 is 14.8 Å². The summed E-state index contributed by atoms with van der Waals surface area (Å²) in [6, 6.07) is 16.3. The van der Waals surface area contributed by atoms with E-state index in [0.29, 0.717) is 13.2 Å². The molecule has 0 aliphatic rings. The van der Waals surface area contributed by atoms with E-state index < -0.39 is 0 Å². The molecule has 126 valence electrons. The van der Waals surface area contributed by atoms with Crippen LogP contribution in [0.15, 0.2) is 48.5 Å². The number of rotatable bonds is 9. The Kier molecular flexibility index (Phi) is 9.18. The Morgan fingerprint density at radius 3 is 2.39 bits per heavy atom. The summed E-state index contributed by atoms with van der Waals surface area (Å²) in [5.41, 5.74) is 2.29. The lowest BCUT2D eigenvalue weighted by Crippen LogP contribution is -2.15. The molecule has 0 saturated heterocycles. The quantitative estimate of drug-likeness (QED) is 0.680. The Morgan fingerprint density at radius 1 is 0.913 bits per heavy atom. The van der Waals surface area contributed by atoms with Gasteiger partial charge in [-0.1, -0.05) is 49.4 Å². The van der Waals surface area contributed by atoms with Gasteiger partial charge in [-0.15, -0.1) is 12.4 Å². The normalized spacial score (nSPS) is 10.0. The van der Waals surface area contributed by atoms with Crippen molar-refractivity contribution in [2.45, 2.75) is 33.4 Å². The van der Waals surface area contributed by atoms with Crippen molar-refractivity contribution in [3.63, 3.8) is 0 Å². The van der Waals surface area contributed by atoms with E-state index in [9.17, 15) is 0 Å². The van der Waals surface area contributed by atoms with Crippen LogP contribution in [0.1, 0.15) is 31.4 Å². The van der Waals surface area contributed by atoms with Crippen molar-refractivity contribution in [1.29, 1.82) is 0 Å². The van der Waals surface area contributed by atoms with Gasteiger partial charge in [-0.2, -0.15) is 0 Å². The molecule has 0 aliphatic carbocycles. The molecule has 23 heavy (non-hydrogen) atoms. The third kappa shape index (κ3) is 6.12. The van der Waals surface area contributed by atoms with E-state index >= 15 is 0 Å². The van der Waals surface area contributed by atoms with Crippen molar-refractivity contribution in [3.05, 3.63) is 59.7 Å². The first-order valence-corrected chi connectivity index (χ1v) is 7.97. The molecule has 0 saturated carbocycles. The Bertz CT molecular complexity index is 561. The molecule has 0 fully saturated rings. The predicted molar refractivity (Wildman–Crippen MR) is 97.6 cm³/mol. The molecule has 2 rings (SSSR count). The maximum absolute atomic E-state index is 6.07. The Morgan fingerprint density at radius 2 is 1.70 bits per heavy atom. The molecule has 0 spiro atoms. The zero-order chi connectivity index (χ0) is 15.6. The average molecular weight is 336 g/mol. The fraction of sp³-hybridized carbons (Fsp3) is 0.368. The van der Waals surface area contributed by atoms with Crippen molar-refractivity contribution >= 4 is 12.4 Å². The van der Waals surface area contributed by atoms with Crippen molar-refractivity contribution in [1.82, 2.24) is 5.32 Å². The van der Waals surface area contributed by atoms with E-state index in [2.05, 4.69) is 30.4 Å². The third-order valence-electron chi connectivity index (χ3n) is 3.33. The summed E-state index contributed by atoms with van der Waals surface area (Å²) >= 11 is 0. The Hall–Kier alpha value is -1.71. The first kappa shape index (κ1) is 19.3. The number of hydrogen-bond donors (Lipinski definition) is 1. The zero-order valence-corrected chi connectivity index (χ0v) is 14.7. The highest BCUT2D eigenvalue weighted by atomic mass is 35.5. The largest absolute Gasteiger partial charge is 0.490 e. The highest BCUT2D eigenvalue weighted by Gasteiger charge is 2.11. The van der Waals surface area contributed by atoms with Crippen molar-refractivity contribution in [2.24, 2.45) is 0 Å². The van der Waals surface area contributed by atoms with E-state index in [1.165, 1.54) is 0 Å². The molecular weight excluding hydrogens is 310 g/mol. The standard InChI is InChI=1S/C19H25NO2.ClH/c1-3-13-20-14-17-11-8-12-18(21-4-2)19(17)22-15-16-9-6-5-7-10-16;/h5-12,20H,3-4,13-15H2,1-2H3;1H. The van der Waals surface area contributed by atoms with Gasteiger partial charge >= 0.3 is 0 Å².